The minimum Gasteiger partial charge on any atom is -0.493 e. The largest absolute Gasteiger partial charge is 0.493 e. The smallest absolute Gasteiger partial charge is 0.263 e. The average Bonchev–Trinajstić information content (AvgIpc) is 3.38. The minimum atomic E-state index is -0.0906. The van der Waals surface area contributed by atoms with Crippen LogP contribution in [0.25, 0.3) is 10.2 Å². The molecule has 0 N–H and O–H groups in total. The molecule has 0 bridgehead atoms. The highest BCUT2D eigenvalue weighted by atomic mass is 32.2. The van der Waals surface area contributed by atoms with E-state index in [2.05, 4.69) is 4.98 Å². The first kappa shape index (κ1) is 20.9. The number of pyridine rings is 1. The van der Waals surface area contributed by atoms with E-state index >= 15 is 0 Å². The third-order valence-electron chi connectivity index (χ3n) is 5.64. The molecule has 1 aliphatic heterocycles. The first-order chi connectivity index (χ1) is 15.5. The molecule has 0 fully saturated rings. The third-order valence-corrected chi connectivity index (χ3v) is 7.72. The number of ether oxygens (including phenoxy) is 1. The second kappa shape index (κ2) is 8.52. The summed E-state index contributed by atoms with van der Waals surface area (Å²) in [5.41, 5.74) is 3.37. The number of aromatic nitrogens is 3. The van der Waals surface area contributed by atoms with Gasteiger partial charge in [-0.2, -0.15) is 0 Å². The molecule has 0 atom stereocenters. The van der Waals surface area contributed by atoms with Gasteiger partial charge in [-0.25, -0.2) is 4.98 Å². The number of thioether (sulfide) groups is 1. The predicted molar refractivity (Wildman–Crippen MR) is 127 cm³/mol. The summed E-state index contributed by atoms with van der Waals surface area (Å²) < 4.78 is 7.17. The summed E-state index contributed by atoms with van der Waals surface area (Å²) in [6.45, 7) is 4.92. The van der Waals surface area contributed by atoms with E-state index in [9.17, 15) is 9.59 Å². The van der Waals surface area contributed by atoms with Gasteiger partial charge in [0.2, 0.25) is 0 Å². The number of carbonyl (C=O) groups excluding carboxylic acids is 1. The van der Waals surface area contributed by atoms with E-state index in [1.165, 1.54) is 23.1 Å². The zero-order chi connectivity index (χ0) is 22.2. The molecule has 0 aliphatic carbocycles. The summed E-state index contributed by atoms with van der Waals surface area (Å²) in [6.07, 6.45) is 2.53. The van der Waals surface area contributed by atoms with Crippen LogP contribution in [0.15, 0.2) is 52.5 Å². The predicted octanol–water partition coefficient (Wildman–Crippen LogP) is 4.43. The molecule has 1 aromatic carbocycles. The van der Waals surface area contributed by atoms with Crippen LogP contribution < -0.4 is 10.3 Å². The van der Waals surface area contributed by atoms with Crippen LogP contribution in [-0.2, 0) is 13.0 Å². The topological polar surface area (TPSA) is 74.1 Å². The maximum absolute atomic E-state index is 13.4. The highest BCUT2D eigenvalue weighted by molar-refractivity contribution is 7.99. The first-order valence-electron chi connectivity index (χ1n) is 10.3. The molecular formula is C24H21N3O3S2. The second-order valence-electron chi connectivity index (χ2n) is 7.70. The summed E-state index contributed by atoms with van der Waals surface area (Å²) in [7, 11) is 0. The fourth-order valence-electron chi connectivity index (χ4n) is 3.79. The fourth-order valence-corrected chi connectivity index (χ4v) is 5.75. The summed E-state index contributed by atoms with van der Waals surface area (Å²) in [5.74, 6) is 1.05. The van der Waals surface area contributed by atoms with Crippen molar-refractivity contribution in [2.45, 2.75) is 32.0 Å². The van der Waals surface area contributed by atoms with Crippen LogP contribution in [-0.4, -0.2) is 32.7 Å². The van der Waals surface area contributed by atoms with Crippen molar-refractivity contribution in [1.82, 2.24) is 14.5 Å². The van der Waals surface area contributed by atoms with Gasteiger partial charge in [0.15, 0.2) is 10.9 Å². The van der Waals surface area contributed by atoms with Crippen LogP contribution in [0.3, 0.4) is 0 Å². The first-order valence-corrected chi connectivity index (χ1v) is 12.1. The number of aryl methyl sites for hydroxylation is 2. The number of hydrogen-bond acceptors (Lipinski definition) is 7. The Bertz CT molecular complexity index is 1390. The van der Waals surface area contributed by atoms with Crippen LogP contribution in [0.5, 0.6) is 5.75 Å². The van der Waals surface area contributed by atoms with Gasteiger partial charge in [0.05, 0.1) is 30.0 Å². The van der Waals surface area contributed by atoms with Crippen molar-refractivity contribution in [3.8, 4) is 5.75 Å². The van der Waals surface area contributed by atoms with E-state index in [4.69, 9.17) is 9.72 Å². The van der Waals surface area contributed by atoms with Gasteiger partial charge in [0, 0.05) is 23.1 Å². The van der Waals surface area contributed by atoms with Crippen molar-refractivity contribution < 1.29 is 9.53 Å². The monoisotopic (exact) mass is 463 g/mol. The van der Waals surface area contributed by atoms with Crippen molar-refractivity contribution >= 4 is 39.1 Å². The summed E-state index contributed by atoms with van der Waals surface area (Å²) >= 11 is 2.81. The number of Topliss-reactive ketones (excluding diaryl/α,β-unsaturated/α-hetero) is 1. The van der Waals surface area contributed by atoms with E-state index in [-0.39, 0.29) is 17.1 Å². The molecule has 0 spiro atoms. The number of nitrogens with zero attached hydrogens (tertiary/aromatic N) is 3. The molecule has 8 heteroatoms. The van der Waals surface area contributed by atoms with Crippen LogP contribution >= 0.6 is 23.1 Å². The standard InChI is InChI=1S/C24H21N3O3S2/c1-14-15(2)32-22-21(14)23(29)27(12-18-5-3-4-9-25-18)24(26-22)31-13-19(28)16-6-7-20-17(11-16)8-10-30-20/h3-7,9,11H,8,10,12-13H2,1-2H3. The Labute approximate surface area is 193 Å². The molecule has 0 saturated heterocycles. The lowest BCUT2D eigenvalue weighted by molar-refractivity contribution is 0.102. The molecule has 0 unspecified atom stereocenters. The van der Waals surface area contributed by atoms with Gasteiger partial charge >= 0.3 is 0 Å². The van der Waals surface area contributed by atoms with Crippen molar-refractivity contribution in [3.63, 3.8) is 0 Å². The third kappa shape index (κ3) is 3.84. The zero-order valence-electron chi connectivity index (χ0n) is 17.8. The van der Waals surface area contributed by atoms with Gasteiger partial charge < -0.3 is 4.74 Å². The van der Waals surface area contributed by atoms with E-state index < -0.39 is 0 Å². The lowest BCUT2D eigenvalue weighted by Crippen LogP contribution is -2.24. The number of hydrogen-bond donors (Lipinski definition) is 0. The van der Waals surface area contributed by atoms with Crippen LogP contribution in [0.4, 0.5) is 0 Å². The molecule has 162 valence electrons. The van der Waals surface area contributed by atoms with Crippen molar-refractivity contribution in [1.29, 1.82) is 0 Å². The summed E-state index contributed by atoms with van der Waals surface area (Å²) in [5, 5.41) is 1.19. The van der Waals surface area contributed by atoms with Crippen molar-refractivity contribution in [2.75, 3.05) is 12.4 Å². The molecule has 0 radical (unpaired) electrons. The number of rotatable bonds is 6. The van der Waals surface area contributed by atoms with Gasteiger partial charge in [-0.1, -0.05) is 17.8 Å². The maximum Gasteiger partial charge on any atom is 0.263 e. The number of carbonyl (C=O) groups is 1. The molecule has 0 amide bonds. The van der Waals surface area contributed by atoms with E-state index in [1.54, 1.807) is 16.8 Å². The quantitative estimate of drug-likeness (QED) is 0.239. The van der Waals surface area contributed by atoms with Gasteiger partial charge in [-0.3, -0.25) is 19.1 Å². The molecular weight excluding hydrogens is 442 g/mol. The van der Waals surface area contributed by atoms with Crippen LogP contribution in [0.1, 0.15) is 32.1 Å². The average molecular weight is 464 g/mol. The summed E-state index contributed by atoms with van der Waals surface area (Å²) in [6, 6.07) is 11.2. The Morgan fingerprint density at radius 2 is 2.12 bits per heavy atom. The molecule has 32 heavy (non-hydrogen) atoms. The molecule has 5 rings (SSSR count). The minimum absolute atomic E-state index is 0.00183. The number of benzene rings is 1. The Morgan fingerprint density at radius 3 is 2.94 bits per heavy atom. The molecule has 0 saturated carbocycles. The number of fused-ring (bicyclic) bond motifs is 2. The van der Waals surface area contributed by atoms with Crippen molar-refractivity contribution in [3.05, 3.63) is 80.2 Å². The zero-order valence-corrected chi connectivity index (χ0v) is 19.4. The summed E-state index contributed by atoms with van der Waals surface area (Å²) in [4.78, 5) is 37.3. The molecule has 1 aliphatic rings. The van der Waals surface area contributed by atoms with E-state index in [1.807, 2.05) is 44.2 Å². The van der Waals surface area contributed by atoms with Gasteiger partial charge in [-0.15, -0.1) is 11.3 Å². The number of thiophene rings is 1. The highest BCUT2D eigenvalue weighted by Gasteiger charge is 2.20. The highest BCUT2D eigenvalue weighted by Crippen LogP contribution is 2.30. The molecule has 4 heterocycles. The molecule has 6 nitrogen and oxygen atoms in total. The Morgan fingerprint density at radius 1 is 1.25 bits per heavy atom. The molecule has 4 aromatic rings. The maximum atomic E-state index is 13.4. The van der Waals surface area contributed by atoms with E-state index in [0.29, 0.717) is 34.1 Å². The van der Waals surface area contributed by atoms with Gasteiger partial charge in [-0.05, 0) is 55.3 Å². The van der Waals surface area contributed by atoms with Crippen LogP contribution in [0.2, 0.25) is 0 Å². The fraction of sp³-hybridized carbons (Fsp3) is 0.250. The lowest BCUT2D eigenvalue weighted by Gasteiger charge is -2.12. The Hall–Kier alpha value is -2.97. The van der Waals surface area contributed by atoms with Gasteiger partial charge in [0.25, 0.3) is 5.56 Å². The number of ketones is 1. The normalized spacial score (nSPS) is 12.7. The SMILES string of the molecule is Cc1sc2nc(SCC(=O)c3ccc4c(c3)CCO4)n(Cc3ccccn3)c(=O)c2c1C. The Balaban J connectivity index is 1.48. The Kier molecular flexibility index (Phi) is 5.57. The van der Waals surface area contributed by atoms with Crippen molar-refractivity contribution in [2.24, 2.45) is 0 Å². The van der Waals surface area contributed by atoms with E-state index in [0.717, 1.165) is 33.9 Å². The van der Waals surface area contributed by atoms with Gasteiger partial charge in [0.1, 0.15) is 10.6 Å². The van der Waals surface area contributed by atoms with Crippen LogP contribution in [0, 0.1) is 13.8 Å². The lowest BCUT2D eigenvalue weighted by atomic mass is 10.1. The molecule has 3 aromatic heterocycles. The second-order valence-corrected chi connectivity index (χ2v) is 9.85.